The first-order valence-corrected chi connectivity index (χ1v) is 7.83. The summed E-state index contributed by atoms with van der Waals surface area (Å²) in [7, 11) is 1.57. The van der Waals surface area contributed by atoms with Crippen LogP contribution in [0.5, 0.6) is 0 Å². The van der Waals surface area contributed by atoms with Crippen LogP contribution in [0.1, 0.15) is 38.8 Å². The maximum absolute atomic E-state index is 12.5. The summed E-state index contributed by atoms with van der Waals surface area (Å²) in [6.07, 6.45) is 0.309. The van der Waals surface area contributed by atoms with Gasteiger partial charge in [0.1, 0.15) is 5.60 Å². The Morgan fingerprint density at radius 2 is 1.87 bits per heavy atom. The van der Waals surface area contributed by atoms with Crippen LogP contribution in [0.15, 0.2) is 30.3 Å². The number of amides is 3. The molecule has 1 aliphatic heterocycles. The first-order valence-electron chi connectivity index (χ1n) is 7.83. The molecule has 2 unspecified atom stereocenters. The summed E-state index contributed by atoms with van der Waals surface area (Å²) in [6.45, 7) is 5.97. The van der Waals surface area contributed by atoms with Crippen molar-refractivity contribution in [1.29, 1.82) is 0 Å². The average Bonchev–Trinajstić information content (AvgIpc) is 2.90. The van der Waals surface area contributed by atoms with Crippen molar-refractivity contribution < 1.29 is 14.3 Å². The molecule has 1 aromatic rings. The Hall–Kier alpha value is -2.24. The summed E-state index contributed by atoms with van der Waals surface area (Å²) in [5, 5.41) is 5.42. The van der Waals surface area contributed by atoms with Crippen LogP contribution in [0.2, 0.25) is 0 Å². The number of urea groups is 1. The number of carbonyl (C=O) groups is 2. The van der Waals surface area contributed by atoms with E-state index in [1.54, 1.807) is 11.9 Å². The number of ether oxygens (including phenoxy) is 1. The van der Waals surface area contributed by atoms with E-state index in [4.69, 9.17) is 4.74 Å². The maximum Gasteiger partial charge on any atom is 0.410 e. The van der Waals surface area contributed by atoms with Crippen LogP contribution in [-0.4, -0.2) is 42.3 Å². The summed E-state index contributed by atoms with van der Waals surface area (Å²) in [6, 6.07) is 9.36. The zero-order valence-electron chi connectivity index (χ0n) is 14.1. The largest absolute Gasteiger partial charge is 0.444 e. The van der Waals surface area contributed by atoms with Gasteiger partial charge in [-0.3, -0.25) is 4.90 Å². The molecule has 0 aromatic heterocycles. The zero-order chi connectivity index (χ0) is 17.0. The van der Waals surface area contributed by atoms with Gasteiger partial charge in [-0.25, -0.2) is 9.59 Å². The summed E-state index contributed by atoms with van der Waals surface area (Å²) < 4.78 is 5.51. The molecule has 1 heterocycles. The average molecular weight is 319 g/mol. The van der Waals surface area contributed by atoms with Gasteiger partial charge in [0.25, 0.3) is 0 Å². The van der Waals surface area contributed by atoms with E-state index in [9.17, 15) is 9.59 Å². The lowest BCUT2D eigenvalue weighted by atomic mass is 10.0. The van der Waals surface area contributed by atoms with Crippen molar-refractivity contribution in [3.63, 3.8) is 0 Å². The van der Waals surface area contributed by atoms with Crippen LogP contribution in [0, 0.1) is 0 Å². The van der Waals surface area contributed by atoms with Crippen molar-refractivity contribution >= 4 is 12.1 Å². The highest BCUT2D eigenvalue weighted by Crippen LogP contribution is 2.33. The molecule has 1 aromatic carbocycles. The topological polar surface area (TPSA) is 70.7 Å². The normalized spacial score (nSPS) is 21.0. The highest BCUT2D eigenvalue weighted by molar-refractivity contribution is 5.74. The third-order valence-corrected chi connectivity index (χ3v) is 3.68. The van der Waals surface area contributed by atoms with Gasteiger partial charge in [-0.1, -0.05) is 30.3 Å². The minimum absolute atomic E-state index is 0.104. The molecule has 6 nitrogen and oxygen atoms in total. The van der Waals surface area contributed by atoms with Crippen LogP contribution >= 0.6 is 0 Å². The molecule has 2 rings (SSSR count). The Labute approximate surface area is 137 Å². The van der Waals surface area contributed by atoms with Crippen LogP contribution in [0.4, 0.5) is 9.59 Å². The Morgan fingerprint density at radius 3 is 2.43 bits per heavy atom. The number of hydrogen-bond acceptors (Lipinski definition) is 3. The van der Waals surface area contributed by atoms with Crippen molar-refractivity contribution in [3.05, 3.63) is 35.9 Å². The first kappa shape index (κ1) is 17.1. The standard InChI is InChI=1S/C17H25N3O3/c1-17(2,3)23-16(22)20-11-13(19-15(21)18-4)10-14(20)12-8-6-5-7-9-12/h5-9,13-14H,10-11H2,1-4H3,(H2,18,19,21). The molecule has 0 spiro atoms. The fraction of sp³-hybridized carbons (Fsp3) is 0.529. The number of carbonyl (C=O) groups excluding carboxylic acids is 2. The molecule has 1 fully saturated rings. The predicted molar refractivity (Wildman–Crippen MR) is 88.1 cm³/mol. The van der Waals surface area contributed by atoms with Gasteiger partial charge >= 0.3 is 12.1 Å². The van der Waals surface area contributed by atoms with Gasteiger partial charge in [-0.15, -0.1) is 0 Å². The molecule has 1 saturated heterocycles. The quantitative estimate of drug-likeness (QED) is 0.880. The number of benzene rings is 1. The van der Waals surface area contributed by atoms with Gasteiger partial charge in [-0.05, 0) is 32.8 Å². The van der Waals surface area contributed by atoms with E-state index in [-0.39, 0.29) is 24.2 Å². The fourth-order valence-corrected chi connectivity index (χ4v) is 2.71. The molecule has 23 heavy (non-hydrogen) atoms. The van der Waals surface area contributed by atoms with Crippen LogP contribution in [-0.2, 0) is 4.74 Å². The maximum atomic E-state index is 12.5. The Morgan fingerprint density at radius 1 is 1.22 bits per heavy atom. The van der Waals surface area contributed by atoms with Crippen LogP contribution in [0.3, 0.4) is 0 Å². The minimum Gasteiger partial charge on any atom is -0.444 e. The van der Waals surface area contributed by atoms with Crippen molar-refractivity contribution in [2.24, 2.45) is 0 Å². The van der Waals surface area contributed by atoms with Gasteiger partial charge in [-0.2, -0.15) is 0 Å². The molecular formula is C17H25N3O3. The van der Waals surface area contributed by atoms with E-state index in [1.807, 2.05) is 51.1 Å². The third-order valence-electron chi connectivity index (χ3n) is 3.68. The highest BCUT2D eigenvalue weighted by Gasteiger charge is 2.38. The van der Waals surface area contributed by atoms with E-state index in [0.29, 0.717) is 13.0 Å². The first-order chi connectivity index (χ1) is 10.8. The Kier molecular flexibility index (Phi) is 5.13. The monoisotopic (exact) mass is 319 g/mol. The van der Waals surface area contributed by atoms with Crippen LogP contribution < -0.4 is 10.6 Å². The fourth-order valence-electron chi connectivity index (χ4n) is 2.71. The lowest BCUT2D eigenvalue weighted by Crippen LogP contribution is -2.43. The summed E-state index contributed by atoms with van der Waals surface area (Å²) in [5.41, 5.74) is 0.490. The molecule has 126 valence electrons. The minimum atomic E-state index is -0.551. The van der Waals surface area contributed by atoms with E-state index in [1.165, 1.54) is 0 Å². The molecule has 2 atom stereocenters. The van der Waals surface area contributed by atoms with Crippen molar-refractivity contribution in [1.82, 2.24) is 15.5 Å². The van der Waals surface area contributed by atoms with E-state index < -0.39 is 5.60 Å². The molecule has 0 radical (unpaired) electrons. The molecule has 6 heteroatoms. The zero-order valence-corrected chi connectivity index (χ0v) is 14.1. The summed E-state index contributed by atoms with van der Waals surface area (Å²) in [5.74, 6) is 0. The molecule has 1 aliphatic rings. The third kappa shape index (κ3) is 4.61. The van der Waals surface area contributed by atoms with Crippen molar-refractivity contribution in [2.45, 2.75) is 44.9 Å². The molecular weight excluding hydrogens is 294 g/mol. The van der Waals surface area contributed by atoms with Gasteiger partial charge in [0, 0.05) is 13.6 Å². The van der Waals surface area contributed by atoms with Gasteiger partial charge < -0.3 is 15.4 Å². The predicted octanol–water partition coefficient (Wildman–Crippen LogP) is 2.67. The molecule has 0 aliphatic carbocycles. The van der Waals surface area contributed by atoms with Crippen molar-refractivity contribution in [3.8, 4) is 0 Å². The Bertz CT molecular complexity index is 554. The lowest BCUT2D eigenvalue weighted by Gasteiger charge is -2.28. The second-order valence-electron chi connectivity index (χ2n) is 6.72. The lowest BCUT2D eigenvalue weighted by molar-refractivity contribution is 0.0221. The summed E-state index contributed by atoms with van der Waals surface area (Å²) >= 11 is 0. The highest BCUT2D eigenvalue weighted by atomic mass is 16.6. The number of rotatable bonds is 2. The van der Waals surface area contributed by atoms with Gasteiger partial charge in [0.2, 0.25) is 0 Å². The SMILES string of the molecule is CNC(=O)NC1CC(c2ccccc2)N(C(=O)OC(C)(C)C)C1. The van der Waals surface area contributed by atoms with E-state index >= 15 is 0 Å². The number of nitrogens with one attached hydrogen (secondary N) is 2. The molecule has 2 N–H and O–H groups in total. The van der Waals surface area contributed by atoms with Gasteiger partial charge in [0.15, 0.2) is 0 Å². The summed E-state index contributed by atoms with van der Waals surface area (Å²) in [4.78, 5) is 25.8. The molecule has 0 bridgehead atoms. The Balaban J connectivity index is 2.18. The van der Waals surface area contributed by atoms with Crippen molar-refractivity contribution in [2.75, 3.05) is 13.6 Å². The number of likely N-dealkylation sites (tertiary alicyclic amines) is 1. The van der Waals surface area contributed by atoms with E-state index in [0.717, 1.165) is 5.56 Å². The van der Waals surface area contributed by atoms with Crippen LogP contribution in [0.25, 0.3) is 0 Å². The second-order valence-corrected chi connectivity index (χ2v) is 6.72. The smallest absolute Gasteiger partial charge is 0.410 e. The molecule has 3 amide bonds. The second kappa shape index (κ2) is 6.89. The number of nitrogens with zero attached hydrogens (tertiary/aromatic N) is 1. The van der Waals surface area contributed by atoms with E-state index in [2.05, 4.69) is 10.6 Å². The van der Waals surface area contributed by atoms with Gasteiger partial charge in [0.05, 0.1) is 12.1 Å². The molecule has 0 saturated carbocycles. The number of hydrogen-bond donors (Lipinski definition) is 2.